The molecule has 0 bridgehead atoms. The maximum atomic E-state index is 12.4. The first-order valence-corrected chi connectivity index (χ1v) is 9.57. The Kier molecular flexibility index (Phi) is 9.94. The molecule has 2 rings (SSSR count). The molecular weight excluding hydrogens is 380 g/mol. The molecule has 1 heterocycles. The Bertz CT molecular complexity index is 684. The monoisotopic (exact) mass is 410 g/mol. The molecule has 9 heteroatoms. The maximum absolute atomic E-state index is 12.4. The van der Waals surface area contributed by atoms with E-state index in [9.17, 15) is 9.90 Å². The number of hydrogen-bond donors (Lipinski definition) is 3. The number of para-hydroxylation sites is 1. The van der Waals surface area contributed by atoms with E-state index in [0.29, 0.717) is 18.2 Å². The van der Waals surface area contributed by atoms with E-state index in [-0.39, 0.29) is 11.7 Å². The number of hydrogen-bond acceptors (Lipinski definition) is 6. The highest BCUT2D eigenvalue weighted by molar-refractivity contribution is 6.27. The van der Waals surface area contributed by atoms with Crippen LogP contribution in [0.15, 0.2) is 18.2 Å². The predicted octanol–water partition coefficient (Wildman–Crippen LogP) is 1.64. The summed E-state index contributed by atoms with van der Waals surface area (Å²) in [5, 5.41) is 25.0. The second-order valence-electron chi connectivity index (χ2n) is 6.64. The zero-order chi connectivity index (χ0) is 22.0. The first-order chi connectivity index (χ1) is 13.7. The number of benzene rings is 1. The lowest BCUT2D eigenvalue weighted by molar-refractivity contribution is -0.159. The van der Waals surface area contributed by atoms with Crippen LogP contribution in [0, 0.1) is 5.92 Å². The summed E-state index contributed by atoms with van der Waals surface area (Å²) in [6.07, 6.45) is 1.78. The molecule has 1 aliphatic rings. The van der Waals surface area contributed by atoms with E-state index in [2.05, 4.69) is 4.90 Å². The van der Waals surface area contributed by atoms with Gasteiger partial charge in [-0.15, -0.1) is 0 Å². The van der Waals surface area contributed by atoms with E-state index in [0.717, 1.165) is 44.6 Å². The molecular formula is C20H30N2O7. The van der Waals surface area contributed by atoms with Gasteiger partial charge in [0, 0.05) is 31.1 Å². The average Bonchev–Trinajstić information content (AvgIpc) is 2.71. The van der Waals surface area contributed by atoms with Crippen molar-refractivity contribution < 1.29 is 34.4 Å². The van der Waals surface area contributed by atoms with Crippen molar-refractivity contribution in [3.63, 3.8) is 0 Å². The lowest BCUT2D eigenvalue weighted by Crippen LogP contribution is -2.42. The van der Waals surface area contributed by atoms with Crippen LogP contribution in [0.4, 0.5) is 0 Å². The molecule has 0 saturated carbocycles. The SMILES string of the molecule is CCN(CC)C(=O)C1CCN(Cc2cccc(OC)c2O)CC1.O=C(O)C(=O)O. The minimum absolute atomic E-state index is 0.144. The van der Waals surface area contributed by atoms with Crippen LogP contribution in [-0.4, -0.2) is 76.3 Å². The van der Waals surface area contributed by atoms with Gasteiger partial charge in [-0.25, -0.2) is 9.59 Å². The third kappa shape index (κ3) is 7.26. The Morgan fingerprint density at radius 3 is 2.10 bits per heavy atom. The number of piperidine rings is 1. The molecule has 1 amide bonds. The van der Waals surface area contributed by atoms with E-state index in [1.165, 1.54) is 0 Å². The molecule has 0 spiro atoms. The van der Waals surface area contributed by atoms with Crippen LogP contribution in [0.2, 0.25) is 0 Å². The van der Waals surface area contributed by atoms with Crippen molar-refractivity contribution in [3.05, 3.63) is 23.8 Å². The summed E-state index contributed by atoms with van der Waals surface area (Å²) < 4.78 is 5.16. The van der Waals surface area contributed by atoms with Gasteiger partial charge in [-0.2, -0.15) is 0 Å². The first kappa shape index (κ1) is 24.2. The third-order valence-corrected chi connectivity index (χ3v) is 4.89. The molecule has 29 heavy (non-hydrogen) atoms. The van der Waals surface area contributed by atoms with Crippen LogP contribution in [0.3, 0.4) is 0 Å². The highest BCUT2D eigenvalue weighted by Crippen LogP contribution is 2.31. The number of methoxy groups -OCH3 is 1. The van der Waals surface area contributed by atoms with E-state index in [4.69, 9.17) is 24.5 Å². The Balaban J connectivity index is 0.000000612. The van der Waals surface area contributed by atoms with Gasteiger partial charge in [0.15, 0.2) is 11.5 Å². The number of phenolic OH excluding ortho intramolecular Hbond substituents is 1. The summed E-state index contributed by atoms with van der Waals surface area (Å²) in [5.41, 5.74) is 0.873. The Morgan fingerprint density at radius 2 is 1.66 bits per heavy atom. The largest absolute Gasteiger partial charge is 0.504 e. The molecule has 1 saturated heterocycles. The van der Waals surface area contributed by atoms with Gasteiger partial charge in [0.25, 0.3) is 0 Å². The summed E-state index contributed by atoms with van der Waals surface area (Å²) in [7, 11) is 1.56. The highest BCUT2D eigenvalue weighted by atomic mass is 16.5. The molecule has 162 valence electrons. The Morgan fingerprint density at radius 1 is 1.10 bits per heavy atom. The van der Waals surface area contributed by atoms with E-state index < -0.39 is 11.9 Å². The highest BCUT2D eigenvalue weighted by Gasteiger charge is 2.27. The molecule has 1 aromatic rings. The number of carbonyl (C=O) groups is 3. The second-order valence-corrected chi connectivity index (χ2v) is 6.64. The Hall–Kier alpha value is -2.81. The fourth-order valence-corrected chi connectivity index (χ4v) is 3.23. The smallest absolute Gasteiger partial charge is 0.414 e. The van der Waals surface area contributed by atoms with Crippen LogP contribution in [-0.2, 0) is 20.9 Å². The van der Waals surface area contributed by atoms with Crippen molar-refractivity contribution in [2.24, 2.45) is 5.92 Å². The van der Waals surface area contributed by atoms with Gasteiger partial charge in [0.05, 0.1) is 7.11 Å². The van der Waals surface area contributed by atoms with Gasteiger partial charge in [0.1, 0.15) is 0 Å². The van der Waals surface area contributed by atoms with Crippen molar-refractivity contribution in [1.82, 2.24) is 9.80 Å². The molecule has 1 aromatic carbocycles. The topological polar surface area (TPSA) is 128 Å². The summed E-state index contributed by atoms with van der Waals surface area (Å²) >= 11 is 0. The summed E-state index contributed by atoms with van der Waals surface area (Å²) in [5.74, 6) is -2.49. The number of amides is 1. The number of carboxylic acid groups (broad SMARTS) is 2. The van der Waals surface area contributed by atoms with E-state index in [1.54, 1.807) is 13.2 Å². The number of ether oxygens (including phenoxy) is 1. The summed E-state index contributed by atoms with van der Waals surface area (Å²) in [6.45, 7) is 8.09. The summed E-state index contributed by atoms with van der Waals surface area (Å²) in [6, 6.07) is 5.57. The number of likely N-dealkylation sites (tertiary alicyclic amines) is 1. The first-order valence-electron chi connectivity index (χ1n) is 9.57. The van der Waals surface area contributed by atoms with Gasteiger partial charge in [-0.3, -0.25) is 9.69 Å². The predicted molar refractivity (Wildman–Crippen MR) is 106 cm³/mol. The zero-order valence-corrected chi connectivity index (χ0v) is 17.1. The number of aromatic hydroxyl groups is 1. The molecule has 0 aliphatic carbocycles. The minimum atomic E-state index is -1.82. The number of rotatable bonds is 6. The van der Waals surface area contributed by atoms with Crippen LogP contribution >= 0.6 is 0 Å². The second kappa shape index (κ2) is 11.9. The van der Waals surface area contributed by atoms with Crippen molar-refractivity contribution in [2.75, 3.05) is 33.3 Å². The quantitative estimate of drug-likeness (QED) is 0.604. The minimum Gasteiger partial charge on any atom is -0.504 e. The number of aliphatic carboxylic acids is 2. The molecule has 0 atom stereocenters. The van der Waals surface area contributed by atoms with Crippen LogP contribution in [0.5, 0.6) is 11.5 Å². The zero-order valence-electron chi connectivity index (χ0n) is 17.1. The van der Waals surface area contributed by atoms with Crippen molar-refractivity contribution in [1.29, 1.82) is 0 Å². The average molecular weight is 410 g/mol. The maximum Gasteiger partial charge on any atom is 0.414 e. The number of carboxylic acids is 2. The lowest BCUT2D eigenvalue weighted by Gasteiger charge is -2.33. The fraction of sp³-hybridized carbons (Fsp3) is 0.550. The van der Waals surface area contributed by atoms with E-state index >= 15 is 0 Å². The standard InChI is InChI=1S/C18H28N2O3.C2H2O4/c1-4-20(5-2)18(22)14-9-11-19(12-10-14)13-15-7-6-8-16(23-3)17(15)21;3-1(4)2(5)6/h6-8,14,21H,4-5,9-13H2,1-3H3;(H,3,4)(H,5,6). The molecule has 1 aliphatic heterocycles. The van der Waals surface area contributed by atoms with Gasteiger partial charge in [-0.1, -0.05) is 12.1 Å². The van der Waals surface area contributed by atoms with Gasteiger partial charge in [-0.05, 0) is 45.8 Å². The molecule has 0 radical (unpaired) electrons. The lowest BCUT2D eigenvalue weighted by atomic mass is 9.95. The van der Waals surface area contributed by atoms with Crippen molar-refractivity contribution in [2.45, 2.75) is 33.2 Å². The molecule has 3 N–H and O–H groups in total. The van der Waals surface area contributed by atoms with Crippen LogP contribution in [0.25, 0.3) is 0 Å². The van der Waals surface area contributed by atoms with Gasteiger partial charge >= 0.3 is 11.9 Å². The van der Waals surface area contributed by atoms with E-state index in [1.807, 2.05) is 30.9 Å². The van der Waals surface area contributed by atoms with Crippen LogP contribution in [0.1, 0.15) is 32.3 Å². The number of nitrogens with zero attached hydrogens (tertiary/aromatic N) is 2. The van der Waals surface area contributed by atoms with Gasteiger partial charge in [0.2, 0.25) is 5.91 Å². The molecule has 1 fully saturated rings. The fourth-order valence-electron chi connectivity index (χ4n) is 3.23. The van der Waals surface area contributed by atoms with Crippen LogP contribution < -0.4 is 4.74 Å². The molecule has 0 aromatic heterocycles. The Labute approximate surface area is 170 Å². The van der Waals surface area contributed by atoms with Gasteiger partial charge < -0.3 is 25.0 Å². The summed E-state index contributed by atoms with van der Waals surface area (Å²) in [4.78, 5) is 34.8. The van der Waals surface area contributed by atoms with Crippen molar-refractivity contribution >= 4 is 17.8 Å². The van der Waals surface area contributed by atoms with Crippen molar-refractivity contribution in [3.8, 4) is 11.5 Å². The number of carbonyl (C=O) groups excluding carboxylic acids is 1. The number of phenols is 1. The third-order valence-electron chi connectivity index (χ3n) is 4.89. The normalized spacial score (nSPS) is 14.4. The molecule has 9 nitrogen and oxygen atoms in total. The molecule has 0 unspecified atom stereocenters.